The third-order valence-electron chi connectivity index (χ3n) is 2.71. The number of piperidine rings is 1. The fourth-order valence-electron chi connectivity index (χ4n) is 1.81. The second-order valence-electron chi connectivity index (χ2n) is 3.85. The van der Waals surface area contributed by atoms with Crippen LogP contribution in [-0.4, -0.2) is 47.6 Å². The van der Waals surface area contributed by atoms with E-state index in [1.165, 1.54) is 0 Å². The predicted octanol–water partition coefficient (Wildman–Crippen LogP) is 0.0616. The zero-order chi connectivity index (χ0) is 11.3. The summed E-state index contributed by atoms with van der Waals surface area (Å²) in [6.07, 6.45) is 1.41. The summed E-state index contributed by atoms with van der Waals surface area (Å²) in [7, 11) is 0. The molecule has 15 heavy (non-hydrogen) atoms. The van der Waals surface area contributed by atoms with Crippen LogP contribution in [-0.2, 0) is 9.59 Å². The highest BCUT2D eigenvalue weighted by atomic mass is 16.4. The van der Waals surface area contributed by atoms with Gasteiger partial charge in [0.1, 0.15) is 6.42 Å². The van der Waals surface area contributed by atoms with E-state index in [2.05, 4.69) is 17.1 Å². The van der Waals surface area contributed by atoms with Gasteiger partial charge in [-0.05, 0) is 19.4 Å². The van der Waals surface area contributed by atoms with Crippen molar-refractivity contribution < 1.29 is 14.7 Å². The van der Waals surface area contributed by atoms with Crippen molar-refractivity contribution >= 4 is 11.9 Å². The Kier molecular flexibility index (Phi) is 4.55. The van der Waals surface area contributed by atoms with E-state index in [0.29, 0.717) is 0 Å². The highest BCUT2D eigenvalue weighted by molar-refractivity contribution is 5.93. The third kappa shape index (κ3) is 4.29. The number of hydrogen-bond donors (Lipinski definition) is 2. The molecule has 2 N–H and O–H groups in total. The monoisotopic (exact) mass is 214 g/mol. The number of nitrogens with zero attached hydrogens (tertiary/aromatic N) is 1. The molecule has 0 bridgehead atoms. The van der Waals surface area contributed by atoms with Crippen LogP contribution in [0.4, 0.5) is 0 Å². The Morgan fingerprint density at radius 1 is 1.40 bits per heavy atom. The van der Waals surface area contributed by atoms with Crippen molar-refractivity contribution in [1.82, 2.24) is 10.2 Å². The highest BCUT2D eigenvalue weighted by Gasteiger charge is 2.20. The van der Waals surface area contributed by atoms with Crippen molar-refractivity contribution in [2.75, 3.05) is 19.6 Å². The Labute approximate surface area is 89.4 Å². The molecule has 5 nitrogen and oxygen atoms in total. The van der Waals surface area contributed by atoms with E-state index in [1.54, 1.807) is 0 Å². The number of amides is 1. The molecule has 1 heterocycles. The summed E-state index contributed by atoms with van der Waals surface area (Å²) in [5.74, 6) is -1.45. The molecule has 1 aliphatic heterocycles. The van der Waals surface area contributed by atoms with Crippen LogP contribution in [0.1, 0.15) is 26.2 Å². The molecule has 1 saturated heterocycles. The number of nitrogens with one attached hydrogen (secondary N) is 1. The lowest BCUT2D eigenvalue weighted by molar-refractivity contribution is -0.140. The first-order valence-corrected chi connectivity index (χ1v) is 5.35. The fraction of sp³-hybridized carbons (Fsp3) is 0.800. The minimum atomic E-state index is -1.07. The van der Waals surface area contributed by atoms with Crippen LogP contribution in [0.3, 0.4) is 0 Å². The third-order valence-corrected chi connectivity index (χ3v) is 2.71. The zero-order valence-corrected chi connectivity index (χ0v) is 9.03. The van der Waals surface area contributed by atoms with Crippen LogP contribution >= 0.6 is 0 Å². The first-order chi connectivity index (χ1) is 7.11. The number of likely N-dealkylation sites (tertiary alicyclic amines) is 1. The van der Waals surface area contributed by atoms with Gasteiger partial charge in [0.05, 0.1) is 0 Å². The second-order valence-corrected chi connectivity index (χ2v) is 3.85. The number of aliphatic carboxylic acids is 1. The minimum Gasteiger partial charge on any atom is -0.481 e. The second kappa shape index (κ2) is 5.70. The first kappa shape index (κ1) is 12.0. The molecule has 0 unspecified atom stereocenters. The molecule has 86 valence electrons. The topological polar surface area (TPSA) is 69.6 Å². The molecule has 0 aromatic carbocycles. The van der Waals surface area contributed by atoms with Crippen molar-refractivity contribution in [3.63, 3.8) is 0 Å². The quantitative estimate of drug-likeness (QED) is 0.649. The van der Waals surface area contributed by atoms with Crippen LogP contribution < -0.4 is 5.32 Å². The molecule has 0 saturated carbocycles. The summed E-state index contributed by atoms with van der Waals surface area (Å²) in [6, 6.07) is 0.152. The van der Waals surface area contributed by atoms with Gasteiger partial charge in [-0.15, -0.1) is 0 Å². The summed E-state index contributed by atoms with van der Waals surface area (Å²) in [5.41, 5.74) is 0. The van der Waals surface area contributed by atoms with Crippen molar-refractivity contribution in [2.24, 2.45) is 0 Å². The van der Waals surface area contributed by atoms with Gasteiger partial charge in [0.15, 0.2) is 0 Å². The van der Waals surface area contributed by atoms with Crippen molar-refractivity contribution in [3.8, 4) is 0 Å². The van der Waals surface area contributed by atoms with Gasteiger partial charge in [-0.25, -0.2) is 0 Å². The van der Waals surface area contributed by atoms with E-state index in [0.717, 1.165) is 32.5 Å². The zero-order valence-electron chi connectivity index (χ0n) is 9.03. The molecule has 1 rings (SSSR count). The van der Waals surface area contributed by atoms with E-state index in [1.807, 2.05) is 0 Å². The molecule has 1 aliphatic rings. The fourth-order valence-corrected chi connectivity index (χ4v) is 1.81. The van der Waals surface area contributed by atoms with Gasteiger partial charge in [0.25, 0.3) is 0 Å². The Hall–Kier alpha value is -1.10. The van der Waals surface area contributed by atoms with Crippen LogP contribution in [0.5, 0.6) is 0 Å². The number of hydrogen-bond acceptors (Lipinski definition) is 3. The van der Waals surface area contributed by atoms with Crippen LogP contribution in [0, 0.1) is 0 Å². The molecule has 0 atom stereocenters. The maximum atomic E-state index is 11.2. The smallest absolute Gasteiger partial charge is 0.312 e. The number of carbonyl (C=O) groups is 2. The van der Waals surface area contributed by atoms with Gasteiger partial charge in [-0.3, -0.25) is 9.59 Å². The van der Waals surface area contributed by atoms with E-state index in [-0.39, 0.29) is 11.9 Å². The average molecular weight is 214 g/mol. The summed E-state index contributed by atoms with van der Waals surface area (Å²) in [4.78, 5) is 23.8. The highest BCUT2D eigenvalue weighted by Crippen LogP contribution is 2.09. The lowest BCUT2D eigenvalue weighted by Crippen LogP contribution is -2.44. The SMILES string of the molecule is CCN1CCC(NC(=O)CC(=O)O)CC1. The van der Waals surface area contributed by atoms with Crippen LogP contribution in [0.15, 0.2) is 0 Å². The Morgan fingerprint density at radius 2 is 2.00 bits per heavy atom. The van der Waals surface area contributed by atoms with Crippen molar-refractivity contribution in [3.05, 3.63) is 0 Å². The molecular formula is C10H18N2O3. The van der Waals surface area contributed by atoms with Crippen LogP contribution in [0.25, 0.3) is 0 Å². The standard InChI is InChI=1S/C10H18N2O3/c1-2-12-5-3-8(4-6-12)11-9(13)7-10(14)15/h8H,2-7H2,1H3,(H,11,13)(H,14,15). The number of carboxylic acid groups (broad SMARTS) is 1. The minimum absolute atomic E-state index is 0.152. The van der Waals surface area contributed by atoms with Gasteiger partial charge in [-0.1, -0.05) is 6.92 Å². The lowest BCUT2D eigenvalue weighted by atomic mass is 10.1. The van der Waals surface area contributed by atoms with Gasteiger partial charge < -0.3 is 15.3 Å². The van der Waals surface area contributed by atoms with Gasteiger partial charge >= 0.3 is 5.97 Å². The molecule has 0 aliphatic carbocycles. The normalized spacial score (nSPS) is 18.7. The Bertz CT molecular complexity index is 235. The molecule has 1 fully saturated rings. The maximum absolute atomic E-state index is 11.2. The average Bonchev–Trinajstić information content (AvgIpc) is 2.17. The van der Waals surface area contributed by atoms with Crippen molar-refractivity contribution in [1.29, 1.82) is 0 Å². The van der Waals surface area contributed by atoms with Gasteiger partial charge in [0, 0.05) is 19.1 Å². The Morgan fingerprint density at radius 3 is 2.47 bits per heavy atom. The summed E-state index contributed by atoms with van der Waals surface area (Å²) < 4.78 is 0. The largest absolute Gasteiger partial charge is 0.481 e. The summed E-state index contributed by atoms with van der Waals surface area (Å²) >= 11 is 0. The van der Waals surface area contributed by atoms with E-state index in [4.69, 9.17) is 5.11 Å². The van der Waals surface area contributed by atoms with Crippen LogP contribution in [0.2, 0.25) is 0 Å². The molecule has 0 spiro atoms. The van der Waals surface area contributed by atoms with Gasteiger partial charge in [0.2, 0.25) is 5.91 Å². The van der Waals surface area contributed by atoms with Gasteiger partial charge in [-0.2, -0.15) is 0 Å². The molecule has 0 aromatic rings. The first-order valence-electron chi connectivity index (χ1n) is 5.35. The van der Waals surface area contributed by atoms with E-state index < -0.39 is 12.4 Å². The summed E-state index contributed by atoms with van der Waals surface area (Å²) in [6.45, 7) is 5.11. The molecular weight excluding hydrogens is 196 g/mol. The lowest BCUT2D eigenvalue weighted by Gasteiger charge is -2.31. The molecule has 0 aromatic heterocycles. The molecule has 0 radical (unpaired) electrons. The van der Waals surface area contributed by atoms with E-state index in [9.17, 15) is 9.59 Å². The number of rotatable bonds is 4. The number of carboxylic acids is 1. The molecule has 5 heteroatoms. The predicted molar refractivity (Wildman–Crippen MR) is 55.5 cm³/mol. The maximum Gasteiger partial charge on any atom is 0.312 e. The van der Waals surface area contributed by atoms with Crippen molar-refractivity contribution in [2.45, 2.75) is 32.2 Å². The Balaban J connectivity index is 2.23. The number of carbonyl (C=O) groups excluding carboxylic acids is 1. The van der Waals surface area contributed by atoms with E-state index >= 15 is 0 Å². The summed E-state index contributed by atoms with van der Waals surface area (Å²) in [5, 5.41) is 11.2. The molecule has 1 amide bonds.